The predicted octanol–water partition coefficient (Wildman–Crippen LogP) is 3.16. The van der Waals surface area contributed by atoms with Crippen molar-refractivity contribution in [3.63, 3.8) is 0 Å². The van der Waals surface area contributed by atoms with Gasteiger partial charge in [-0.25, -0.2) is 4.79 Å². The van der Waals surface area contributed by atoms with E-state index >= 15 is 0 Å². The van der Waals surface area contributed by atoms with Crippen LogP contribution in [0.3, 0.4) is 0 Å². The Balaban J connectivity index is 0.00000441. The van der Waals surface area contributed by atoms with Gasteiger partial charge in [-0.05, 0) is 45.8 Å². The van der Waals surface area contributed by atoms with Gasteiger partial charge in [0, 0.05) is 11.3 Å². The summed E-state index contributed by atoms with van der Waals surface area (Å²) in [6.07, 6.45) is 1.94. The minimum Gasteiger partial charge on any atom is -0.462 e. The van der Waals surface area contributed by atoms with Crippen LogP contribution in [0.25, 0.3) is 0 Å². The third-order valence-corrected chi connectivity index (χ3v) is 4.19. The third kappa shape index (κ3) is 5.59. The molecular formula is C15H25ClN2O3S. The van der Waals surface area contributed by atoms with Crippen molar-refractivity contribution in [2.24, 2.45) is 0 Å². The molecule has 126 valence electrons. The van der Waals surface area contributed by atoms with E-state index < -0.39 is 0 Å². The first-order chi connectivity index (χ1) is 10.0. The minimum atomic E-state index is -0.357. The molecule has 1 rings (SSSR count). The lowest BCUT2D eigenvalue weighted by Gasteiger charge is -2.08. The molecule has 0 aliphatic heterocycles. The number of nitrogens with one attached hydrogen (secondary N) is 2. The summed E-state index contributed by atoms with van der Waals surface area (Å²) >= 11 is 1.44. The van der Waals surface area contributed by atoms with Crippen LogP contribution in [0.5, 0.6) is 0 Å². The van der Waals surface area contributed by atoms with Gasteiger partial charge in [-0.3, -0.25) is 4.79 Å². The summed E-state index contributed by atoms with van der Waals surface area (Å²) < 4.78 is 5.11. The normalized spacial score (nSPS) is 10.0. The smallest absolute Gasteiger partial charge is 0.341 e. The Kier molecular flexibility index (Phi) is 10.1. The molecule has 0 spiro atoms. The molecule has 1 aromatic rings. The largest absolute Gasteiger partial charge is 0.462 e. The maximum Gasteiger partial charge on any atom is 0.341 e. The van der Waals surface area contributed by atoms with Crippen molar-refractivity contribution < 1.29 is 14.3 Å². The first kappa shape index (κ1) is 20.9. The second-order valence-electron chi connectivity index (χ2n) is 4.67. The van der Waals surface area contributed by atoms with Gasteiger partial charge in [0.25, 0.3) is 0 Å². The fourth-order valence-corrected chi connectivity index (χ4v) is 3.28. The lowest BCUT2D eigenvalue weighted by Crippen LogP contribution is -2.17. The summed E-state index contributed by atoms with van der Waals surface area (Å²) in [6.45, 7) is 6.85. The Morgan fingerprint density at radius 1 is 1.27 bits per heavy atom. The van der Waals surface area contributed by atoms with Gasteiger partial charge in [0.05, 0.1) is 12.2 Å². The number of amides is 1. The average molecular weight is 349 g/mol. The van der Waals surface area contributed by atoms with Crippen molar-refractivity contribution in [1.82, 2.24) is 5.32 Å². The highest BCUT2D eigenvalue weighted by Gasteiger charge is 2.23. The number of carbonyl (C=O) groups excluding carboxylic acids is 2. The first-order valence-electron chi connectivity index (χ1n) is 7.28. The van der Waals surface area contributed by atoms with E-state index in [4.69, 9.17) is 4.74 Å². The summed E-state index contributed by atoms with van der Waals surface area (Å²) in [5, 5.41) is 6.47. The van der Waals surface area contributed by atoms with E-state index in [0.29, 0.717) is 23.6 Å². The van der Waals surface area contributed by atoms with E-state index in [9.17, 15) is 9.59 Å². The zero-order chi connectivity index (χ0) is 15.8. The fraction of sp³-hybridized carbons (Fsp3) is 0.600. The average Bonchev–Trinajstić information content (AvgIpc) is 2.74. The molecule has 0 saturated heterocycles. The molecule has 1 heterocycles. The monoisotopic (exact) mass is 348 g/mol. The van der Waals surface area contributed by atoms with Gasteiger partial charge in [0.15, 0.2) is 0 Å². The van der Waals surface area contributed by atoms with Crippen LogP contribution in [0, 0.1) is 6.92 Å². The Labute approximate surface area is 142 Å². The summed E-state index contributed by atoms with van der Waals surface area (Å²) in [7, 11) is 1.85. The van der Waals surface area contributed by atoms with Crippen molar-refractivity contribution in [2.45, 2.75) is 40.0 Å². The number of hydrogen-bond acceptors (Lipinski definition) is 5. The molecule has 1 aromatic heterocycles. The molecule has 2 N–H and O–H groups in total. The van der Waals surface area contributed by atoms with Crippen LogP contribution in [0.1, 0.15) is 47.5 Å². The summed E-state index contributed by atoms with van der Waals surface area (Å²) in [4.78, 5) is 25.1. The maximum atomic E-state index is 12.1. The number of ether oxygens (including phenoxy) is 1. The number of thiophene rings is 1. The van der Waals surface area contributed by atoms with Crippen molar-refractivity contribution >= 4 is 40.6 Å². The van der Waals surface area contributed by atoms with Crippen LogP contribution >= 0.6 is 23.7 Å². The van der Waals surface area contributed by atoms with E-state index in [0.717, 1.165) is 29.8 Å². The highest BCUT2D eigenvalue weighted by Crippen LogP contribution is 2.34. The zero-order valence-electron chi connectivity index (χ0n) is 13.6. The lowest BCUT2D eigenvalue weighted by molar-refractivity contribution is -0.116. The molecule has 0 atom stereocenters. The van der Waals surface area contributed by atoms with E-state index in [-0.39, 0.29) is 24.3 Å². The number of halogens is 1. The van der Waals surface area contributed by atoms with Gasteiger partial charge in [-0.15, -0.1) is 23.7 Å². The standard InChI is InChI=1S/C15H24N2O3S.ClH/c1-5-11-10(3)21-14(13(11)15(19)20-6-2)17-12(18)8-7-9-16-4;/h16H,5-9H2,1-4H3,(H,17,18);1H. The molecule has 0 bridgehead atoms. The molecule has 0 aliphatic rings. The number of aryl methyl sites for hydroxylation is 1. The highest BCUT2D eigenvalue weighted by atomic mass is 35.5. The number of rotatable bonds is 8. The first-order valence-corrected chi connectivity index (χ1v) is 8.10. The van der Waals surface area contributed by atoms with Crippen LogP contribution in [-0.2, 0) is 16.0 Å². The second kappa shape index (κ2) is 10.6. The van der Waals surface area contributed by atoms with E-state index in [1.165, 1.54) is 11.3 Å². The minimum absolute atomic E-state index is 0. The Bertz CT molecular complexity index is 503. The molecule has 0 aromatic carbocycles. The van der Waals surface area contributed by atoms with Crippen molar-refractivity contribution in [2.75, 3.05) is 25.5 Å². The molecule has 5 nitrogen and oxygen atoms in total. The number of anilines is 1. The van der Waals surface area contributed by atoms with Gasteiger partial charge in [-0.1, -0.05) is 6.92 Å². The molecule has 1 amide bonds. The van der Waals surface area contributed by atoms with Gasteiger partial charge in [0.2, 0.25) is 5.91 Å². The van der Waals surface area contributed by atoms with E-state index in [1.807, 2.05) is 20.9 Å². The van der Waals surface area contributed by atoms with Gasteiger partial charge >= 0.3 is 5.97 Å². The van der Waals surface area contributed by atoms with Crippen molar-refractivity contribution in [3.05, 3.63) is 16.0 Å². The SMILES string of the molecule is CCOC(=O)c1c(NC(=O)CCCNC)sc(C)c1CC.Cl. The summed E-state index contributed by atoms with van der Waals surface area (Å²) in [5.41, 5.74) is 1.48. The molecule has 7 heteroatoms. The molecular weight excluding hydrogens is 324 g/mol. The van der Waals surface area contributed by atoms with Gasteiger partial charge < -0.3 is 15.4 Å². The van der Waals surface area contributed by atoms with E-state index in [1.54, 1.807) is 6.92 Å². The van der Waals surface area contributed by atoms with Gasteiger partial charge in [0.1, 0.15) is 5.00 Å². The van der Waals surface area contributed by atoms with Crippen molar-refractivity contribution in [3.8, 4) is 0 Å². The Morgan fingerprint density at radius 2 is 1.95 bits per heavy atom. The van der Waals surface area contributed by atoms with Crippen LogP contribution in [0.15, 0.2) is 0 Å². The fourth-order valence-electron chi connectivity index (χ4n) is 2.13. The molecule has 0 radical (unpaired) electrons. The number of esters is 1. The second-order valence-corrected chi connectivity index (χ2v) is 5.89. The van der Waals surface area contributed by atoms with Crippen LogP contribution in [0.2, 0.25) is 0 Å². The molecule has 0 aliphatic carbocycles. The quantitative estimate of drug-likeness (QED) is 0.559. The molecule has 22 heavy (non-hydrogen) atoms. The third-order valence-electron chi connectivity index (χ3n) is 3.13. The van der Waals surface area contributed by atoms with Crippen LogP contribution < -0.4 is 10.6 Å². The predicted molar refractivity (Wildman–Crippen MR) is 93.4 cm³/mol. The topological polar surface area (TPSA) is 67.4 Å². The number of hydrogen-bond donors (Lipinski definition) is 2. The van der Waals surface area contributed by atoms with E-state index in [2.05, 4.69) is 10.6 Å². The highest BCUT2D eigenvalue weighted by molar-refractivity contribution is 7.16. The summed E-state index contributed by atoms with van der Waals surface area (Å²) in [5.74, 6) is -0.427. The molecule has 0 fully saturated rings. The molecule has 0 saturated carbocycles. The zero-order valence-corrected chi connectivity index (χ0v) is 15.2. The number of carbonyl (C=O) groups is 2. The Hall–Kier alpha value is -1.11. The van der Waals surface area contributed by atoms with Crippen molar-refractivity contribution in [1.29, 1.82) is 0 Å². The maximum absolute atomic E-state index is 12.1. The van der Waals surface area contributed by atoms with Gasteiger partial charge in [-0.2, -0.15) is 0 Å². The lowest BCUT2D eigenvalue weighted by atomic mass is 10.1. The van der Waals surface area contributed by atoms with Crippen LogP contribution in [0.4, 0.5) is 5.00 Å². The van der Waals surface area contributed by atoms with Crippen LogP contribution in [-0.4, -0.2) is 32.1 Å². The summed E-state index contributed by atoms with van der Waals surface area (Å²) in [6, 6.07) is 0. The molecule has 0 unspecified atom stereocenters. The Morgan fingerprint density at radius 3 is 2.50 bits per heavy atom.